The molecule has 0 amide bonds. The van der Waals surface area contributed by atoms with Gasteiger partial charge in [-0.2, -0.15) is 0 Å². The molecule has 0 saturated heterocycles. The van der Waals surface area contributed by atoms with E-state index in [9.17, 15) is 8.78 Å². The number of benzene rings is 1. The third kappa shape index (κ3) is 2.28. The molecule has 2 saturated carbocycles. The van der Waals surface area contributed by atoms with Crippen molar-refractivity contribution in [3.8, 4) is 11.1 Å². The molecule has 7 heteroatoms. The summed E-state index contributed by atoms with van der Waals surface area (Å²) in [5.74, 6) is 2.94. The Morgan fingerprint density at radius 2 is 1.82 bits per heavy atom. The Labute approximate surface area is 159 Å². The van der Waals surface area contributed by atoms with Crippen molar-refractivity contribution in [2.45, 2.75) is 31.6 Å². The third-order valence-electron chi connectivity index (χ3n) is 6.30. The van der Waals surface area contributed by atoms with Crippen LogP contribution in [0, 0.1) is 11.8 Å². The van der Waals surface area contributed by atoms with Crippen LogP contribution in [0.5, 0.6) is 0 Å². The molecule has 0 radical (unpaired) electrons. The summed E-state index contributed by atoms with van der Waals surface area (Å²) < 4.78 is 28.2. The van der Waals surface area contributed by atoms with Crippen molar-refractivity contribution in [2.24, 2.45) is 11.8 Å². The van der Waals surface area contributed by atoms with Gasteiger partial charge in [-0.05, 0) is 48.4 Å². The minimum atomic E-state index is -2.54. The van der Waals surface area contributed by atoms with Crippen molar-refractivity contribution in [1.82, 2.24) is 24.6 Å². The number of nitrogens with zero attached hydrogens (tertiary/aromatic N) is 5. The second-order valence-corrected chi connectivity index (χ2v) is 7.81. The molecule has 28 heavy (non-hydrogen) atoms. The lowest BCUT2D eigenvalue weighted by Crippen LogP contribution is -1.99. The van der Waals surface area contributed by atoms with Crippen LogP contribution in [-0.4, -0.2) is 24.6 Å². The largest absolute Gasteiger partial charge is 0.276 e. The smallest absolute Gasteiger partial charge is 0.265 e. The molecule has 1 unspecified atom stereocenters. The van der Waals surface area contributed by atoms with E-state index in [0.29, 0.717) is 11.5 Å². The molecule has 5 nitrogen and oxygen atoms in total. The van der Waals surface area contributed by atoms with Crippen molar-refractivity contribution in [2.75, 3.05) is 0 Å². The van der Waals surface area contributed by atoms with Gasteiger partial charge in [0, 0.05) is 29.4 Å². The fraction of sp³-hybridized carbons (Fsp3) is 0.333. The third-order valence-corrected chi connectivity index (χ3v) is 6.30. The van der Waals surface area contributed by atoms with Crippen molar-refractivity contribution >= 4 is 16.7 Å². The summed E-state index contributed by atoms with van der Waals surface area (Å²) >= 11 is 0. The van der Waals surface area contributed by atoms with Gasteiger partial charge in [-0.25, -0.2) is 8.78 Å². The fourth-order valence-corrected chi connectivity index (χ4v) is 4.91. The second kappa shape index (κ2) is 5.77. The molecule has 140 valence electrons. The van der Waals surface area contributed by atoms with Crippen LogP contribution in [0.15, 0.2) is 42.9 Å². The molecule has 0 spiro atoms. The van der Waals surface area contributed by atoms with E-state index in [4.69, 9.17) is 0 Å². The van der Waals surface area contributed by atoms with Crippen LogP contribution >= 0.6 is 0 Å². The van der Waals surface area contributed by atoms with E-state index in [1.165, 1.54) is 31.5 Å². The van der Waals surface area contributed by atoms with Crippen molar-refractivity contribution in [3.05, 3.63) is 54.2 Å². The normalized spacial score (nSPS) is 23.6. The van der Waals surface area contributed by atoms with Crippen LogP contribution in [0.2, 0.25) is 0 Å². The SMILES string of the molecule is FC(F)c1cncc(-c2ccc3ncc4nnc(C5[C@H]6CCC[C@@H]56)n4c3c2)c1. The van der Waals surface area contributed by atoms with Gasteiger partial charge >= 0.3 is 0 Å². The summed E-state index contributed by atoms with van der Waals surface area (Å²) in [5, 5.41) is 8.83. The molecule has 2 aliphatic rings. The van der Waals surface area contributed by atoms with E-state index < -0.39 is 6.43 Å². The molecular weight excluding hydrogens is 360 g/mol. The molecule has 3 heterocycles. The van der Waals surface area contributed by atoms with E-state index in [1.807, 2.05) is 18.2 Å². The highest BCUT2D eigenvalue weighted by molar-refractivity contribution is 5.83. The van der Waals surface area contributed by atoms with Gasteiger partial charge in [0.05, 0.1) is 17.2 Å². The molecule has 0 N–H and O–H groups in total. The summed E-state index contributed by atoms with van der Waals surface area (Å²) in [6.45, 7) is 0. The highest BCUT2D eigenvalue weighted by Gasteiger charge is 2.55. The Hall–Kier alpha value is -2.96. The number of hydrogen-bond donors (Lipinski definition) is 0. The van der Waals surface area contributed by atoms with E-state index in [-0.39, 0.29) is 5.56 Å². The minimum Gasteiger partial charge on any atom is -0.276 e. The summed E-state index contributed by atoms with van der Waals surface area (Å²) in [4.78, 5) is 8.48. The van der Waals surface area contributed by atoms with Gasteiger partial charge in [0.25, 0.3) is 6.43 Å². The maximum Gasteiger partial charge on any atom is 0.265 e. The van der Waals surface area contributed by atoms with Crippen LogP contribution in [0.3, 0.4) is 0 Å². The maximum absolute atomic E-state index is 13.1. The predicted octanol–water partition coefficient (Wildman–Crippen LogP) is 4.79. The van der Waals surface area contributed by atoms with Crippen LogP contribution in [0.25, 0.3) is 27.8 Å². The zero-order valence-corrected chi connectivity index (χ0v) is 15.0. The Kier molecular flexibility index (Phi) is 3.30. The molecule has 3 aromatic heterocycles. The summed E-state index contributed by atoms with van der Waals surface area (Å²) in [6.07, 6.45) is 5.87. The van der Waals surface area contributed by atoms with Crippen molar-refractivity contribution in [3.63, 3.8) is 0 Å². The van der Waals surface area contributed by atoms with Gasteiger partial charge in [-0.1, -0.05) is 12.5 Å². The van der Waals surface area contributed by atoms with E-state index in [1.54, 1.807) is 12.4 Å². The molecule has 2 fully saturated rings. The first kappa shape index (κ1) is 16.0. The number of fused-ring (bicyclic) bond motifs is 4. The Balaban J connectivity index is 1.53. The molecule has 0 aliphatic heterocycles. The van der Waals surface area contributed by atoms with Crippen LogP contribution < -0.4 is 0 Å². The van der Waals surface area contributed by atoms with Crippen LogP contribution in [0.1, 0.15) is 43.0 Å². The molecular formula is C21H17F2N5. The van der Waals surface area contributed by atoms with E-state index >= 15 is 0 Å². The maximum atomic E-state index is 13.1. The Morgan fingerprint density at radius 1 is 0.964 bits per heavy atom. The topological polar surface area (TPSA) is 56.0 Å². The summed E-state index contributed by atoms with van der Waals surface area (Å²) in [6, 6.07) is 7.28. The van der Waals surface area contributed by atoms with Crippen molar-refractivity contribution < 1.29 is 8.78 Å². The van der Waals surface area contributed by atoms with Gasteiger partial charge in [0.2, 0.25) is 0 Å². The van der Waals surface area contributed by atoms with Gasteiger partial charge < -0.3 is 0 Å². The zero-order valence-electron chi connectivity index (χ0n) is 15.0. The molecule has 6 rings (SSSR count). The zero-order chi connectivity index (χ0) is 18.8. The number of alkyl halides is 2. The predicted molar refractivity (Wildman–Crippen MR) is 100 cm³/mol. The number of aromatic nitrogens is 5. The molecule has 2 aliphatic carbocycles. The first-order chi connectivity index (χ1) is 13.7. The fourth-order valence-electron chi connectivity index (χ4n) is 4.91. The Morgan fingerprint density at radius 3 is 2.64 bits per heavy atom. The van der Waals surface area contributed by atoms with Crippen LogP contribution in [-0.2, 0) is 0 Å². The van der Waals surface area contributed by atoms with Gasteiger partial charge in [0.1, 0.15) is 5.82 Å². The summed E-state index contributed by atoms with van der Waals surface area (Å²) in [7, 11) is 0. The number of hydrogen-bond acceptors (Lipinski definition) is 4. The molecule has 4 aromatic rings. The van der Waals surface area contributed by atoms with Gasteiger partial charge in [-0.3, -0.25) is 14.4 Å². The monoisotopic (exact) mass is 377 g/mol. The number of pyridine rings is 1. The lowest BCUT2D eigenvalue weighted by Gasteiger charge is -2.09. The molecule has 1 aromatic carbocycles. The number of rotatable bonds is 3. The Bertz CT molecular complexity index is 1210. The first-order valence-electron chi connectivity index (χ1n) is 9.58. The molecule has 0 bridgehead atoms. The molecule has 3 atom stereocenters. The summed E-state index contributed by atoms with van der Waals surface area (Å²) in [5.41, 5.74) is 3.87. The highest BCUT2D eigenvalue weighted by atomic mass is 19.3. The van der Waals surface area contributed by atoms with E-state index in [0.717, 1.165) is 39.9 Å². The standard InChI is InChI=1S/C21H17F2N5/c22-20(23)13-6-12(8-24-9-13)11-4-5-16-17(7-11)28-18(10-25-16)26-27-21(28)19-14-2-1-3-15(14)19/h4-10,14-15,19-20H,1-3H2/t14-,15+,19?. The lowest BCUT2D eigenvalue weighted by atomic mass is 10.0. The van der Waals surface area contributed by atoms with E-state index in [2.05, 4.69) is 24.6 Å². The minimum absolute atomic E-state index is 0.0790. The first-order valence-corrected chi connectivity index (χ1v) is 9.58. The second-order valence-electron chi connectivity index (χ2n) is 7.81. The number of halogens is 2. The average Bonchev–Trinajstić information content (AvgIpc) is 3.09. The van der Waals surface area contributed by atoms with Gasteiger partial charge in [0.15, 0.2) is 5.65 Å². The average molecular weight is 377 g/mol. The van der Waals surface area contributed by atoms with Crippen LogP contribution in [0.4, 0.5) is 8.78 Å². The quantitative estimate of drug-likeness (QED) is 0.515. The van der Waals surface area contributed by atoms with Gasteiger partial charge in [-0.15, -0.1) is 10.2 Å². The van der Waals surface area contributed by atoms with Crippen molar-refractivity contribution in [1.29, 1.82) is 0 Å². The highest BCUT2D eigenvalue weighted by Crippen LogP contribution is 2.62. The lowest BCUT2D eigenvalue weighted by molar-refractivity contribution is 0.151.